The number of carbonyl (C=O) groups is 1. The van der Waals surface area contributed by atoms with Crippen molar-refractivity contribution >= 4 is 27.2 Å². The lowest BCUT2D eigenvalue weighted by molar-refractivity contribution is 0.0884. The molecule has 3 aromatic rings. The summed E-state index contributed by atoms with van der Waals surface area (Å²) in [5, 5.41) is 11.8. The molecule has 4 nitrogen and oxygen atoms in total. The fourth-order valence-electron chi connectivity index (χ4n) is 5.84. The number of aliphatic hydroxyl groups is 1. The lowest BCUT2D eigenvalue weighted by atomic mass is 9.78. The first-order valence-electron chi connectivity index (χ1n) is 13.2. The highest BCUT2D eigenvalue weighted by atomic mass is 32.1. The van der Waals surface area contributed by atoms with Gasteiger partial charge in [0, 0.05) is 45.1 Å². The van der Waals surface area contributed by atoms with Crippen molar-refractivity contribution in [2.24, 2.45) is 11.8 Å². The fraction of sp³-hybridized carbons (Fsp3) is 0.500. The number of carbonyl (C=O) groups excluding carboxylic acids is 1. The van der Waals surface area contributed by atoms with E-state index in [0.29, 0.717) is 18.1 Å². The monoisotopic (exact) mass is 491 g/mol. The van der Waals surface area contributed by atoms with Crippen molar-refractivity contribution in [2.75, 3.05) is 26.2 Å². The molecule has 1 N–H and O–H groups in total. The van der Waals surface area contributed by atoms with Gasteiger partial charge in [0.05, 0.1) is 6.10 Å². The first-order valence-corrected chi connectivity index (χ1v) is 14.0. The van der Waals surface area contributed by atoms with Crippen molar-refractivity contribution in [1.82, 2.24) is 4.90 Å². The van der Waals surface area contributed by atoms with Crippen LogP contribution < -0.4 is 4.74 Å². The molecule has 5 heteroatoms. The Balaban J connectivity index is 1.33. The molecule has 186 valence electrons. The van der Waals surface area contributed by atoms with Gasteiger partial charge in [0.15, 0.2) is 5.78 Å². The molecule has 1 aromatic heterocycles. The number of benzene rings is 2. The summed E-state index contributed by atoms with van der Waals surface area (Å²) >= 11 is 1.68. The minimum Gasteiger partial charge on any atom is -0.492 e. The molecule has 2 fully saturated rings. The number of hydrogen-bond donors (Lipinski definition) is 1. The number of ether oxygens (including phenoxy) is 1. The molecular weight excluding hydrogens is 454 g/mol. The Morgan fingerprint density at radius 1 is 1.06 bits per heavy atom. The molecule has 2 aliphatic rings. The Hall–Kier alpha value is -2.21. The van der Waals surface area contributed by atoms with Crippen LogP contribution in [-0.4, -0.2) is 48.1 Å². The van der Waals surface area contributed by atoms with E-state index in [4.69, 9.17) is 4.74 Å². The van der Waals surface area contributed by atoms with Crippen molar-refractivity contribution in [3.05, 3.63) is 64.5 Å². The van der Waals surface area contributed by atoms with Gasteiger partial charge in [0.2, 0.25) is 0 Å². The van der Waals surface area contributed by atoms with Crippen LogP contribution in [0, 0.1) is 11.8 Å². The summed E-state index contributed by atoms with van der Waals surface area (Å²) in [7, 11) is 0. The van der Waals surface area contributed by atoms with Crippen LogP contribution in [0.15, 0.2) is 48.5 Å². The molecule has 0 spiro atoms. The maximum Gasteiger partial charge on any atom is 0.194 e. The van der Waals surface area contributed by atoms with Crippen LogP contribution in [0.5, 0.6) is 5.75 Å². The van der Waals surface area contributed by atoms with Crippen LogP contribution in [0.2, 0.25) is 0 Å². The standard InChI is InChI=1S/C30H37NO3S/c1-20-9-14-26(32)25(18-20)30-28(24-7-3-4-8-27(24)35-30)29(33)22-10-12-23(13-11-22)34-17-16-31-15-5-6-21(2)19-31/h3-4,7-8,10-13,20-21,25-26,32H,5-6,9,14-19H2,1-2H3. The van der Waals surface area contributed by atoms with Crippen molar-refractivity contribution < 1.29 is 14.6 Å². The van der Waals surface area contributed by atoms with Gasteiger partial charge in [-0.1, -0.05) is 32.0 Å². The van der Waals surface area contributed by atoms with E-state index >= 15 is 0 Å². The second kappa shape index (κ2) is 10.8. The zero-order valence-electron chi connectivity index (χ0n) is 20.9. The minimum absolute atomic E-state index is 0.0233. The van der Waals surface area contributed by atoms with Gasteiger partial charge < -0.3 is 9.84 Å². The zero-order valence-corrected chi connectivity index (χ0v) is 21.7. The second-order valence-electron chi connectivity index (χ2n) is 10.7. The van der Waals surface area contributed by atoms with Crippen LogP contribution in [-0.2, 0) is 0 Å². The lowest BCUT2D eigenvalue weighted by Crippen LogP contribution is -2.37. The molecule has 1 saturated heterocycles. The first-order chi connectivity index (χ1) is 17.0. The van der Waals surface area contributed by atoms with E-state index in [9.17, 15) is 9.90 Å². The van der Waals surface area contributed by atoms with E-state index in [2.05, 4.69) is 24.8 Å². The normalized spacial score (nSPS) is 25.6. The molecular formula is C30H37NO3S. The predicted octanol–water partition coefficient (Wildman–Crippen LogP) is 6.51. The number of likely N-dealkylation sites (tertiary alicyclic amines) is 1. The average Bonchev–Trinajstić information content (AvgIpc) is 3.25. The molecule has 5 rings (SSSR count). The van der Waals surface area contributed by atoms with Gasteiger partial charge in [-0.05, 0) is 80.8 Å². The van der Waals surface area contributed by atoms with Gasteiger partial charge in [-0.25, -0.2) is 0 Å². The molecule has 2 heterocycles. The molecule has 0 radical (unpaired) electrons. The summed E-state index contributed by atoms with van der Waals surface area (Å²) in [6, 6.07) is 15.7. The number of rotatable bonds is 7. The summed E-state index contributed by atoms with van der Waals surface area (Å²) in [5.74, 6) is 2.19. The van der Waals surface area contributed by atoms with E-state index < -0.39 is 0 Å². The van der Waals surface area contributed by atoms with Crippen molar-refractivity contribution in [3.8, 4) is 5.75 Å². The molecule has 1 aliphatic carbocycles. The first kappa shape index (κ1) is 24.5. The molecule has 1 aliphatic heterocycles. The van der Waals surface area contributed by atoms with E-state index in [0.717, 1.165) is 71.1 Å². The predicted molar refractivity (Wildman–Crippen MR) is 144 cm³/mol. The molecule has 0 bridgehead atoms. The van der Waals surface area contributed by atoms with Crippen LogP contribution in [0.4, 0.5) is 0 Å². The zero-order chi connectivity index (χ0) is 24.4. The Labute approximate surface area is 212 Å². The maximum absolute atomic E-state index is 13.8. The van der Waals surface area contributed by atoms with Crippen LogP contribution in [0.3, 0.4) is 0 Å². The summed E-state index contributed by atoms with van der Waals surface area (Å²) in [6.07, 6.45) is 4.99. The van der Waals surface area contributed by atoms with Crippen LogP contribution >= 0.6 is 11.3 Å². The van der Waals surface area contributed by atoms with Crippen LogP contribution in [0.25, 0.3) is 10.1 Å². The lowest BCUT2D eigenvalue weighted by Gasteiger charge is -2.31. The third-order valence-corrected chi connectivity index (χ3v) is 9.10. The van der Waals surface area contributed by atoms with Gasteiger partial charge >= 0.3 is 0 Å². The Morgan fingerprint density at radius 3 is 2.66 bits per heavy atom. The quantitative estimate of drug-likeness (QED) is 0.383. The van der Waals surface area contributed by atoms with Gasteiger partial charge in [0.25, 0.3) is 0 Å². The number of thiophene rings is 1. The van der Waals surface area contributed by atoms with E-state index in [-0.39, 0.29) is 17.8 Å². The van der Waals surface area contributed by atoms with Crippen molar-refractivity contribution in [2.45, 2.75) is 58.0 Å². The van der Waals surface area contributed by atoms with Gasteiger partial charge in [-0.3, -0.25) is 9.69 Å². The smallest absolute Gasteiger partial charge is 0.194 e. The van der Waals surface area contributed by atoms with Gasteiger partial charge in [-0.2, -0.15) is 0 Å². The highest BCUT2D eigenvalue weighted by Gasteiger charge is 2.33. The van der Waals surface area contributed by atoms with E-state index in [1.54, 1.807) is 11.3 Å². The Bertz CT molecular complexity index is 1150. The summed E-state index contributed by atoms with van der Waals surface area (Å²) in [4.78, 5) is 17.3. The molecule has 0 amide bonds. The molecule has 1 saturated carbocycles. The topological polar surface area (TPSA) is 49.8 Å². The highest BCUT2D eigenvalue weighted by molar-refractivity contribution is 7.19. The number of nitrogens with zero attached hydrogens (tertiary/aromatic N) is 1. The number of piperidine rings is 1. The maximum atomic E-state index is 13.8. The Kier molecular flexibility index (Phi) is 7.56. The summed E-state index contributed by atoms with van der Waals surface area (Å²) in [5.41, 5.74) is 1.45. The number of aliphatic hydroxyl groups excluding tert-OH is 1. The van der Waals surface area contributed by atoms with E-state index in [1.165, 1.54) is 12.8 Å². The molecule has 4 unspecified atom stereocenters. The fourth-order valence-corrected chi connectivity index (χ4v) is 7.21. The third-order valence-electron chi connectivity index (χ3n) is 7.80. The number of ketones is 1. The highest BCUT2D eigenvalue weighted by Crippen LogP contribution is 2.44. The minimum atomic E-state index is -0.385. The van der Waals surface area contributed by atoms with Gasteiger partial charge in [0.1, 0.15) is 12.4 Å². The Morgan fingerprint density at radius 2 is 1.86 bits per heavy atom. The molecule has 4 atom stereocenters. The van der Waals surface area contributed by atoms with Crippen LogP contribution in [0.1, 0.15) is 72.7 Å². The van der Waals surface area contributed by atoms with Crippen molar-refractivity contribution in [3.63, 3.8) is 0 Å². The molecule has 35 heavy (non-hydrogen) atoms. The number of fused-ring (bicyclic) bond motifs is 1. The summed E-state index contributed by atoms with van der Waals surface area (Å²) in [6.45, 7) is 8.49. The average molecular weight is 492 g/mol. The van der Waals surface area contributed by atoms with Crippen molar-refractivity contribution in [1.29, 1.82) is 0 Å². The largest absolute Gasteiger partial charge is 0.492 e. The number of hydrogen-bond acceptors (Lipinski definition) is 5. The SMILES string of the molecule is CC1CCC(O)C(c2sc3ccccc3c2C(=O)c2ccc(OCCN3CCCC(C)C3)cc2)C1. The summed E-state index contributed by atoms with van der Waals surface area (Å²) < 4.78 is 7.11. The third kappa shape index (κ3) is 5.47. The van der Waals surface area contributed by atoms with E-state index in [1.807, 2.05) is 42.5 Å². The second-order valence-corrected chi connectivity index (χ2v) is 11.8. The van der Waals surface area contributed by atoms with Gasteiger partial charge in [-0.15, -0.1) is 11.3 Å². The molecule has 2 aromatic carbocycles.